The highest BCUT2D eigenvalue weighted by atomic mass is 32.1. The molecule has 3 heterocycles. The zero-order valence-electron chi connectivity index (χ0n) is 12.7. The van der Waals surface area contributed by atoms with Crippen molar-refractivity contribution < 1.29 is 4.79 Å². The molecule has 1 fully saturated rings. The molecule has 0 aliphatic carbocycles. The molecule has 4 nitrogen and oxygen atoms in total. The van der Waals surface area contributed by atoms with E-state index >= 15 is 0 Å². The summed E-state index contributed by atoms with van der Waals surface area (Å²) in [5.41, 5.74) is 0.894. The molecule has 118 valence electrons. The largest absolute Gasteiger partial charge is 0.338 e. The van der Waals surface area contributed by atoms with E-state index in [-0.39, 0.29) is 5.91 Å². The number of thiazole rings is 1. The summed E-state index contributed by atoms with van der Waals surface area (Å²) in [6.45, 7) is 4.90. The van der Waals surface area contributed by atoms with Gasteiger partial charge in [0.2, 0.25) is 5.91 Å². The van der Waals surface area contributed by atoms with E-state index in [4.69, 9.17) is 0 Å². The fourth-order valence-corrected chi connectivity index (χ4v) is 4.45. The molecule has 2 aromatic heterocycles. The number of nitrogens with one attached hydrogen (secondary N) is 1. The predicted octanol–water partition coefficient (Wildman–Crippen LogP) is 3.01. The highest BCUT2D eigenvalue weighted by Crippen LogP contribution is 2.28. The highest BCUT2D eigenvalue weighted by Gasteiger charge is 2.26. The fourth-order valence-electron chi connectivity index (χ4n) is 2.82. The van der Waals surface area contributed by atoms with Crippen LogP contribution in [-0.4, -0.2) is 41.5 Å². The molecule has 1 unspecified atom stereocenters. The number of thiophene rings is 1. The minimum atomic E-state index is 0.207. The van der Waals surface area contributed by atoms with Crippen LogP contribution in [0.3, 0.4) is 0 Å². The van der Waals surface area contributed by atoms with E-state index in [1.165, 1.54) is 4.88 Å². The van der Waals surface area contributed by atoms with Gasteiger partial charge >= 0.3 is 0 Å². The Bertz CT molecular complexity index is 603. The molecular weight excluding hydrogens is 314 g/mol. The molecule has 1 N–H and O–H groups in total. The van der Waals surface area contributed by atoms with Crippen molar-refractivity contribution in [3.8, 4) is 9.88 Å². The van der Waals surface area contributed by atoms with Gasteiger partial charge in [-0.1, -0.05) is 13.0 Å². The van der Waals surface area contributed by atoms with Crippen LogP contribution in [0.2, 0.25) is 0 Å². The Morgan fingerprint density at radius 3 is 3.09 bits per heavy atom. The van der Waals surface area contributed by atoms with Gasteiger partial charge in [0.25, 0.3) is 0 Å². The van der Waals surface area contributed by atoms with Gasteiger partial charge in [0.05, 0.1) is 17.0 Å². The first-order valence-electron chi connectivity index (χ1n) is 7.76. The maximum absolute atomic E-state index is 12.7. The lowest BCUT2D eigenvalue weighted by molar-refractivity contribution is -0.132. The molecule has 1 aliphatic heterocycles. The van der Waals surface area contributed by atoms with Crippen molar-refractivity contribution >= 4 is 28.6 Å². The van der Waals surface area contributed by atoms with Crippen molar-refractivity contribution in [2.75, 3.05) is 19.6 Å². The van der Waals surface area contributed by atoms with Crippen molar-refractivity contribution in [2.24, 2.45) is 0 Å². The molecule has 22 heavy (non-hydrogen) atoms. The standard InChI is InChI=1S/C16H21N3OS2/c1-2-7-19(13-5-6-17-10-13)15(20)9-12-11-22-16(18-12)14-4-3-8-21-14/h3-4,8,11,13,17H,2,5-7,9-10H2,1H3. The first-order chi connectivity index (χ1) is 10.8. The van der Waals surface area contributed by atoms with Gasteiger partial charge in [0.15, 0.2) is 0 Å². The van der Waals surface area contributed by atoms with E-state index in [9.17, 15) is 4.79 Å². The van der Waals surface area contributed by atoms with Gasteiger partial charge in [-0.25, -0.2) is 4.98 Å². The summed E-state index contributed by atoms with van der Waals surface area (Å²) < 4.78 is 0. The average molecular weight is 335 g/mol. The number of rotatable bonds is 6. The number of hydrogen-bond donors (Lipinski definition) is 1. The van der Waals surface area contributed by atoms with E-state index in [0.29, 0.717) is 12.5 Å². The second-order valence-electron chi connectivity index (χ2n) is 5.53. The monoisotopic (exact) mass is 335 g/mol. The first kappa shape index (κ1) is 15.6. The number of hydrogen-bond acceptors (Lipinski definition) is 5. The molecule has 1 amide bonds. The molecular formula is C16H21N3OS2. The lowest BCUT2D eigenvalue weighted by atomic mass is 10.2. The van der Waals surface area contributed by atoms with Crippen LogP contribution >= 0.6 is 22.7 Å². The number of carbonyl (C=O) groups excluding carboxylic acids is 1. The molecule has 6 heteroatoms. The number of amides is 1. The van der Waals surface area contributed by atoms with Crippen LogP contribution in [0, 0.1) is 0 Å². The Morgan fingerprint density at radius 1 is 1.50 bits per heavy atom. The zero-order chi connectivity index (χ0) is 15.4. The van der Waals surface area contributed by atoms with Gasteiger partial charge in [-0.2, -0.15) is 0 Å². The number of nitrogens with zero attached hydrogens (tertiary/aromatic N) is 2. The first-order valence-corrected chi connectivity index (χ1v) is 9.52. The van der Waals surface area contributed by atoms with Gasteiger partial charge in [-0.05, 0) is 30.8 Å². The Morgan fingerprint density at radius 2 is 2.41 bits per heavy atom. The van der Waals surface area contributed by atoms with Crippen molar-refractivity contribution in [3.05, 3.63) is 28.6 Å². The normalized spacial score (nSPS) is 17.8. The van der Waals surface area contributed by atoms with E-state index < -0.39 is 0 Å². The Kier molecular flexibility index (Phi) is 5.23. The molecule has 3 rings (SSSR count). The van der Waals surface area contributed by atoms with Crippen LogP contribution in [0.1, 0.15) is 25.5 Å². The summed E-state index contributed by atoms with van der Waals surface area (Å²) in [5, 5.41) is 8.43. The highest BCUT2D eigenvalue weighted by molar-refractivity contribution is 7.20. The Labute approximate surface area is 139 Å². The molecule has 2 aromatic rings. The second-order valence-corrected chi connectivity index (χ2v) is 7.34. The summed E-state index contributed by atoms with van der Waals surface area (Å²) in [6, 6.07) is 4.45. The van der Waals surface area contributed by atoms with Crippen molar-refractivity contribution in [3.63, 3.8) is 0 Å². The SMILES string of the molecule is CCCN(C(=O)Cc1csc(-c2cccs2)n1)C1CCNC1. The maximum Gasteiger partial charge on any atom is 0.228 e. The third-order valence-corrected chi connectivity index (χ3v) is 5.81. The third kappa shape index (κ3) is 3.56. The summed E-state index contributed by atoms with van der Waals surface area (Å²) in [5.74, 6) is 0.207. The summed E-state index contributed by atoms with van der Waals surface area (Å²) >= 11 is 3.31. The van der Waals surface area contributed by atoms with E-state index in [1.54, 1.807) is 22.7 Å². The minimum absolute atomic E-state index is 0.207. The van der Waals surface area contributed by atoms with Crippen LogP contribution in [0.5, 0.6) is 0 Å². The summed E-state index contributed by atoms with van der Waals surface area (Å²) in [6.07, 6.45) is 2.47. The van der Waals surface area contributed by atoms with Crippen molar-refractivity contribution in [2.45, 2.75) is 32.2 Å². The van der Waals surface area contributed by atoms with E-state index in [1.807, 2.05) is 16.3 Å². The molecule has 0 radical (unpaired) electrons. The van der Waals surface area contributed by atoms with Crippen molar-refractivity contribution in [1.82, 2.24) is 15.2 Å². The molecule has 0 bridgehead atoms. The third-order valence-electron chi connectivity index (χ3n) is 3.88. The molecule has 0 spiro atoms. The quantitative estimate of drug-likeness (QED) is 0.882. The molecule has 0 aromatic carbocycles. The van der Waals surface area contributed by atoms with Gasteiger partial charge < -0.3 is 10.2 Å². The van der Waals surface area contributed by atoms with Crippen molar-refractivity contribution in [1.29, 1.82) is 0 Å². The lowest BCUT2D eigenvalue weighted by Gasteiger charge is -2.28. The van der Waals surface area contributed by atoms with E-state index in [2.05, 4.69) is 28.7 Å². The maximum atomic E-state index is 12.7. The van der Waals surface area contributed by atoms with Crippen LogP contribution in [0.15, 0.2) is 22.9 Å². The fraction of sp³-hybridized carbons (Fsp3) is 0.500. The topological polar surface area (TPSA) is 45.2 Å². The van der Waals surface area contributed by atoms with Gasteiger partial charge in [0, 0.05) is 24.5 Å². The summed E-state index contributed by atoms with van der Waals surface area (Å²) in [7, 11) is 0. The second kappa shape index (κ2) is 7.35. The number of carbonyl (C=O) groups is 1. The summed E-state index contributed by atoms with van der Waals surface area (Å²) in [4.78, 5) is 20.5. The molecule has 1 atom stereocenters. The van der Waals surface area contributed by atoms with Crippen LogP contribution < -0.4 is 5.32 Å². The number of aromatic nitrogens is 1. The molecule has 0 saturated carbocycles. The zero-order valence-corrected chi connectivity index (χ0v) is 14.4. The van der Waals surface area contributed by atoms with Crippen LogP contribution in [-0.2, 0) is 11.2 Å². The Balaban J connectivity index is 1.67. The van der Waals surface area contributed by atoms with Gasteiger partial charge in [-0.15, -0.1) is 22.7 Å². The lowest BCUT2D eigenvalue weighted by Crippen LogP contribution is -2.42. The Hall–Kier alpha value is -1.24. The molecule has 1 aliphatic rings. The molecule has 1 saturated heterocycles. The predicted molar refractivity (Wildman–Crippen MR) is 92.4 cm³/mol. The van der Waals surface area contributed by atoms with Crippen LogP contribution in [0.4, 0.5) is 0 Å². The smallest absolute Gasteiger partial charge is 0.228 e. The average Bonchev–Trinajstić information content (AvgIpc) is 3.24. The van der Waals surface area contributed by atoms with Gasteiger partial charge in [0.1, 0.15) is 5.01 Å². The van der Waals surface area contributed by atoms with Crippen LogP contribution in [0.25, 0.3) is 9.88 Å². The van der Waals surface area contributed by atoms with Gasteiger partial charge in [-0.3, -0.25) is 4.79 Å². The minimum Gasteiger partial charge on any atom is -0.338 e. The van der Waals surface area contributed by atoms with E-state index in [0.717, 1.165) is 43.2 Å².